The Balaban J connectivity index is 2.23. The van der Waals surface area contributed by atoms with Crippen LogP contribution in [0.25, 0.3) is 0 Å². The van der Waals surface area contributed by atoms with Gasteiger partial charge in [-0.15, -0.1) is 0 Å². The molecule has 1 N–H and O–H groups in total. The maximum Gasteiger partial charge on any atom is 0.221 e. The lowest BCUT2D eigenvalue weighted by Crippen LogP contribution is -2.10. The third-order valence-corrected chi connectivity index (χ3v) is 2.42. The molecule has 0 spiro atoms. The van der Waals surface area contributed by atoms with E-state index in [0.717, 1.165) is 24.3 Å². The number of methoxy groups -OCH3 is 2. The van der Waals surface area contributed by atoms with E-state index in [4.69, 9.17) is 14.2 Å². The van der Waals surface area contributed by atoms with Gasteiger partial charge in [0.15, 0.2) is 0 Å². The number of rotatable bonds is 9. The van der Waals surface area contributed by atoms with Crippen LogP contribution in [0.2, 0.25) is 0 Å². The van der Waals surface area contributed by atoms with Gasteiger partial charge in [0, 0.05) is 20.3 Å². The van der Waals surface area contributed by atoms with Crippen molar-refractivity contribution in [2.75, 3.05) is 45.9 Å². The van der Waals surface area contributed by atoms with Gasteiger partial charge in [-0.1, -0.05) is 0 Å². The van der Waals surface area contributed by atoms with Gasteiger partial charge in [-0.2, -0.15) is 0 Å². The van der Waals surface area contributed by atoms with Gasteiger partial charge in [0.25, 0.3) is 0 Å². The fourth-order valence-corrected chi connectivity index (χ4v) is 1.44. The first-order valence-corrected chi connectivity index (χ1v) is 5.95. The molecule has 1 rings (SSSR count). The highest BCUT2D eigenvalue weighted by atomic mass is 16.5. The Morgan fingerprint density at radius 1 is 1.17 bits per heavy atom. The highest BCUT2D eigenvalue weighted by molar-refractivity contribution is 5.47. The van der Waals surface area contributed by atoms with Gasteiger partial charge in [-0.3, -0.25) is 0 Å². The molecule has 0 unspecified atom stereocenters. The van der Waals surface area contributed by atoms with Crippen LogP contribution >= 0.6 is 0 Å². The molecule has 6 nitrogen and oxygen atoms in total. The highest BCUT2D eigenvalue weighted by Crippen LogP contribution is 2.19. The average Bonchev–Trinajstić information content (AvgIpc) is 2.39. The summed E-state index contributed by atoms with van der Waals surface area (Å²) in [5, 5.41) is 3.24. The Morgan fingerprint density at radius 3 is 2.72 bits per heavy atom. The van der Waals surface area contributed by atoms with E-state index in [2.05, 4.69) is 15.3 Å². The summed E-state index contributed by atoms with van der Waals surface area (Å²) in [6.07, 6.45) is 2.40. The van der Waals surface area contributed by atoms with E-state index < -0.39 is 0 Å². The van der Waals surface area contributed by atoms with Gasteiger partial charge in [0.1, 0.15) is 12.1 Å². The Kier molecular flexibility index (Phi) is 7.05. The summed E-state index contributed by atoms with van der Waals surface area (Å²) in [7, 11) is 3.26. The van der Waals surface area contributed by atoms with Crippen LogP contribution in [0.5, 0.6) is 5.88 Å². The molecule has 0 aliphatic carbocycles. The lowest BCUT2D eigenvalue weighted by Gasteiger charge is -2.10. The van der Waals surface area contributed by atoms with Crippen LogP contribution in [0.1, 0.15) is 12.0 Å². The van der Waals surface area contributed by atoms with Gasteiger partial charge in [0.05, 0.1) is 25.9 Å². The highest BCUT2D eigenvalue weighted by Gasteiger charge is 2.05. The van der Waals surface area contributed by atoms with Crippen molar-refractivity contribution in [2.45, 2.75) is 13.3 Å². The molecule has 0 aliphatic heterocycles. The second-order valence-electron chi connectivity index (χ2n) is 3.74. The van der Waals surface area contributed by atoms with E-state index in [1.165, 1.54) is 6.33 Å². The molecule has 6 heteroatoms. The number of anilines is 1. The number of hydrogen-bond acceptors (Lipinski definition) is 6. The van der Waals surface area contributed by atoms with Crippen LogP contribution in [0.15, 0.2) is 6.33 Å². The lowest BCUT2D eigenvalue weighted by molar-refractivity contribution is 0.0705. The van der Waals surface area contributed by atoms with Crippen molar-refractivity contribution in [3.63, 3.8) is 0 Å². The molecular weight excluding hydrogens is 234 g/mol. The van der Waals surface area contributed by atoms with E-state index >= 15 is 0 Å². The van der Waals surface area contributed by atoms with Crippen LogP contribution < -0.4 is 10.1 Å². The van der Waals surface area contributed by atoms with E-state index in [1.54, 1.807) is 14.2 Å². The third-order valence-electron chi connectivity index (χ3n) is 2.42. The molecule has 102 valence electrons. The van der Waals surface area contributed by atoms with Crippen molar-refractivity contribution in [3.05, 3.63) is 11.9 Å². The molecular formula is C12H21N3O3. The predicted octanol–water partition coefficient (Wildman–Crippen LogP) is 1.26. The van der Waals surface area contributed by atoms with Gasteiger partial charge >= 0.3 is 0 Å². The van der Waals surface area contributed by atoms with Crippen molar-refractivity contribution in [2.24, 2.45) is 0 Å². The maximum atomic E-state index is 5.36. The number of nitrogens with zero attached hydrogens (tertiary/aromatic N) is 2. The van der Waals surface area contributed by atoms with E-state index in [-0.39, 0.29) is 0 Å². The average molecular weight is 255 g/mol. The smallest absolute Gasteiger partial charge is 0.221 e. The molecule has 1 aromatic rings. The summed E-state index contributed by atoms with van der Waals surface area (Å²) in [6.45, 7) is 4.70. The third kappa shape index (κ3) is 4.85. The lowest BCUT2D eigenvalue weighted by atomic mass is 10.3. The molecule has 0 fully saturated rings. The summed E-state index contributed by atoms with van der Waals surface area (Å²) in [5.41, 5.74) is 0.917. The molecule has 0 saturated heterocycles. The van der Waals surface area contributed by atoms with Crippen molar-refractivity contribution in [3.8, 4) is 5.88 Å². The summed E-state index contributed by atoms with van der Waals surface area (Å²) < 4.78 is 15.4. The molecule has 1 aromatic heterocycles. The summed E-state index contributed by atoms with van der Waals surface area (Å²) in [5.74, 6) is 1.41. The molecule has 0 saturated carbocycles. The first-order valence-electron chi connectivity index (χ1n) is 5.95. The van der Waals surface area contributed by atoms with E-state index in [0.29, 0.717) is 25.7 Å². The molecule has 0 aromatic carbocycles. The molecule has 0 amide bonds. The number of aromatic nitrogens is 2. The number of ether oxygens (including phenoxy) is 3. The second-order valence-corrected chi connectivity index (χ2v) is 3.74. The zero-order chi connectivity index (χ0) is 13.2. The zero-order valence-corrected chi connectivity index (χ0v) is 11.2. The molecule has 0 bridgehead atoms. The minimum atomic E-state index is 0.601. The van der Waals surface area contributed by atoms with Gasteiger partial charge < -0.3 is 19.5 Å². The summed E-state index contributed by atoms with van der Waals surface area (Å²) in [4.78, 5) is 8.19. The monoisotopic (exact) mass is 255 g/mol. The van der Waals surface area contributed by atoms with Gasteiger partial charge in [-0.05, 0) is 13.3 Å². The van der Waals surface area contributed by atoms with Crippen molar-refractivity contribution < 1.29 is 14.2 Å². The Hall–Kier alpha value is -1.40. The van der Waals surface area contributed by atoms with Crippen LogP contribution in [0, 0.1) is 6.92 Å². The Labute approximate surface area is 108 Å². The normalized spacial score (nSPS) is 10.4. The molecule has 1 heterocycles. The van der Waals surface area contributed by atoms with Crippen LogP contribution in [-0.4, -0.2) is 50.6 Å². The molecule has 0 radical (unpaired) electrons. The van der Waals surface area contributed by atoms with Crippen molar-refractivity contribution in [1.29, 1.82) is 0 Å². The van der Waals surface area contributed by atoms with Crippen molar-refractivity contribution >= 4 is 5.82 Å². The predicted molar refractivity (Wildman–Crippen MR) is 69.1 cm³/mol. The first-order chi connectivity index (χ1) is 8.79. The minimum Gasteiger partial charge on any atom is -0.481 e. The number of nitrogens with one attached hydrogen (secondary N) is 1. The fraction of sp³-hybridized carbons (Fsp3) is 0.667. The molecule has 18 heavy (non-hydrogen) atoms. The zero-order valence-electron chi connectivity index (χ0n) is 11.2. The first kappa shape index (κ1) is 14.7. The van der Waals surface area contributed by atoms with Gasteiger partial charge in [0.2, 0.25) is 5.88 Å². The summed E-state index contributed by atoms with van der Waals surface area (Å²) in [6, 6.07) is 0. The van der Waals surface area contributed by atoms with Gasteiger partial charge in [-0.25, -0.2) is 9.97 Å². The Bertz CT molecular complexity index is 347. The minimum absolute atomic E-state index is 0.601. The van der Waals surface area contributed by atoms with E-state index in [1.807, 2.05) is 6.92 Å². The Morgan fingerprint density at radius 2 is 2.00 bits per heavy atom. The SMILES string of the molecule is COCCOCCCNc1ncnc(OC)c1C. The maximum absolute atomic E-state index is 5.36. The standard InChI is InChI=1S/C12H21N3O3/c1-10-11(14-9-15-12(10)17-3)13-5-4-6-18-8-7-16-2/h9H,4-8H2,1-3H3,(H,13,14,15). The fourth-order valence-electron chi connectivity index (χ4n) is 1.44. The second kappa shape index (κ2) is 8.66. The van der Waals surface area contributed by atoms with Crippen LogP contribution in [-0.2, 0) is 9.47 Å². The van der Waals surface area contributed by atoms with E-state index in [9.17, 15) is 0 Å². The number of hydrogen-bond donors (Lipinski definition) is 1. The summed E-state index contributed by atoms with van der Waals surface area (Å²) >= 11 is 0. The quantitative estimate of drug-likeness (QED) is 0.670. The van der Waals surface area contributed by atoms with Crippen molar-refractivity contribution in [1.82, 2.24) is 9.97 Å². The molecule has 0 aliphatic rings. The molecule has 0 atom stereocenters. The van der Waals surface area contributed by atoms with Crippen LogP contribution in [0.3, 0.4) is 0 Å². The van der Waals surface area contributed by atoms with Crippen LogP contribution in [0.4, 0.5) is 5.82 Å². The topological polar surface area (TPSA) is 65.5 Å². The largest absolute Gasteiger partial charge is 0.481 e.